The zero-order chi connectivity index (χ0) is 13.2. The Balaban J connectivity index is 1.83. The summed E-state index contributed by atoms with van der Waals surface area (Å²) in [4.78, 5) is 22.8. The zero-order valence-electron chi connectivity index (χ0n) is 10.9. The number of carboxylic acid groups (broad SMARTS) is 1. The molecule has 1 aliphatic carbocycles. The van der Waals surface area contributed by atoms with Crippen molar-refractivity contribution in [2.45, 2.75) is 45.1 Å². The minimum Gasteiger partial charge on any atom is -0.481 e. The predicted octanol–water partition coefficient (Wildman–Crippen LogP) is 0.746. The van der Waals surface area contributed by atoms with Gasteiger partial charge in [0.15, 0.2) is 0 Å². The highest BCUT2D eigenvalue weighted by Gasteiger charge is 2.57. The number of nitrogens with one attached hydrogen (secondary N) is 2. The Hall–Kier alpha value is -1.10. The molecule has 102 valence electrons. The first kappa shape index (κ1) is 13.3. The molecule has 2 rings (SSSR count). The zero-order valence-corrected chi connectivity index (χ0v) is 10.9. The van der Waals surface area contributed by atoms with Crippen molar-refractivity contribution in [1.82, 2.24) is 10.6 Å². The quantitative estimate of drug-likeness (QED) is 0.676. The monoisotopic (exact) mass is 254 g/mol. The molecule has 1 heterocycles. The molecule has 0 aromatic rings. The Labute approximate surface area is 107 Å². The standard InChI is InChI=1S/C13H22N2O3/c1-2-9(7-11(16)17)15-12(18)10-8-13(10)3-5-14-6-4-13/h9-10,14H,2-8H2,1H3,(H,15,18)(H,16,17). The highest BCUT2D eigenvalue weighted by Crippen LogP contribution is 2.58. The Morgan fingerprint density at radius 2 is 2.11 bits per heavy atom. The second-order valence-corrected chi connectivity index (χ2v) is 5.58. The van der Waals surface area contributed by atoms with E-state index < -0.39 is 5.97 Å². The molecule has 0 bridgehead atoms. The SMILES string of the molecule is CCC(CC(=O)O)NC(=O)C1CC12CCNCC2. The Bertz CT molecular complexity index is 337. The maximum atomic E-state index is 12.1. The van der Waals surface area contributed by atoms with Gasteiger partial charge in [0, 0.05) is 12.0 Å². The van der Waals surface area contributed by atoms with E-state index in [0.717, 1.165) is 32.4 Å². The van der Waals surface area contributed by atoms with Gasteiger partial charge in [0.1, 0.15) is 0 Å². The molecule has 5 heteroatoms. The van der Waals surface area contributed by atoms with E-state index in [2.05, 4.69) is 10.6 Å². The van der Waals surface area contributed by atoms with Gasteiger partial charge < -0.3 is 15.7 Å². The second-order valence-electron chi connectivity index (χ2n) is 5.58. The molecule has 1 amide bonds. The van der Waals surface area contributed by atoms with Crippen molar-refractivity contribution in [3.05, 3.63) is 0 Å². The largest absolute Gasteiger partial charge is 0.481 e. The van der Waals surface area contributed by atoms with Crippen LogP contribution in [0.5, 0.6) is 0 Å². The molecule has 0 radical (unpaired) electrons. The van der Waals surface area contributed by atoms with Crippen LogP contribution in [0.25, 0.3) is 0 Å². The minimum atomic E-state index is -0.852. The number of hydrogen-bond acceptors (Lipinski definition) is 3. The molecule has 2 fully saturated rings. The van der Waals surface area contributed by atoms with Crippen LogP contribution < -0.4 is 10.6 Å². The van der Waals surface area contributed by atoms with Crippen LogP contribution >= 0.6 is 0 Å². The molecular weight excluding hydrogens is 232 g/mol. The summed E-state index contributed by atoms with van der Waals surface area (Å²) < 4.78 is 0. The molecular formula is C13H22N2O3. The molecule has 5 nitrogen and oxygen atoms in total. The number of aliphatic carboxylic acids is 1. The lowest BCUT2D eigenvalue weighted by Crippen LogP contribution is -2.39. The number of amides is 1. The van der Waals surface area contributed by atoms with Crippen molar-refractivity contribution < 1.29 is 14.7 Å². The van der Waals surface area contributed by atoms with Gasteiger partial charge in [-0.2, -0.15) is 0 Å². The fourth-order valence-electron chi connectivity index (χ4n) is 3.01. The normalized spacial score (nSPS) is 26.6. The van der Waals surface area contributed by atoms with Crippen molar-refractivity contribution in [3.63, 3.8) is 0 Å². The highest BCUT2D eigenvalue weighted by atomic mass is 16.4. The fraction of sp³-hybridized carbons (Fsp3) is 0.846. The van der Waals surface area contributed by atoms with Crippen molar-refractivity contribution in [1.29, 1.82) is 0 Å². The van der Waals surface area contributed by atoms with Crippen LogP contribution in [0.4, 0.5) is 0 Å². The first-order valence-corrected chi connectivity index (χ1v) is 6.80. The Morgan fingerprint density at radius 3 is 2.67 bits per heavy atom. The van der Waals surface area contributed by atoms with Crippen molar-refractivity contribution in [2.24, 2.45) is 11.3 Å². The summed E-state index contributed by atoms with van der Waals surface area (Å²) in [7, 11) is 0. The van der Waals surface area contributed by atoms with Crippen LogP contribution in [0.3, 0.4) is 0 Å². The summed E-state index contributed by atoms with van der Waals surface area (Å²) in [6.07, 6.45) is 3.80. The van der Waals surface area contributed by atoms with Gasteiger partial charge in [-0.3, -0.25) is 9.59 Å². The van der Waals surface area contributed by atoms with E-state index in [1.165, 1.54) is 0 Å². The van der Waals surface area contributed by atoms with E-state index in [9.17, 15) is 9.59 Å². The minimum absolute atomic E-state index is 0.0174. The Kier molecular flexibility index (Phi) is 3.90. The molecule has 2 unspecified atom stereocenters. The van der Waals surface area contributed by atoms with Crippen molar-refractivity contribution >= 4 is 11.9 Å². The van der Waals surface area contributed by atoms with Gasteiger partial charge in [0.25, 0.3) is 0 Å². The van der Waals surface area contributed by atoms with E-state index in [1.807, 2.05) is 6.92 Å². The molecule has 18 heavy (non-hydrogen) atoms. The fourth-order valence-corrected chi connectivity index (χ4v) is 3.01. The summed E-state index contributed by atoms with van der Waals surface area (Å²) in [5.41, 5.74) is 0.219. The van der Waals surface area contributed by atoms with E-state index in [4.69, 9.17) is 5.11 Å². The maximum Gasteiger partial charge on any atom is 0.305 e. The van der Waals surface area contributed by atoms with Gasteiger partial charge in [0.05, 0.1) is 6.42 Å². The molecule has 1 saturated carbocycles. The summed E-state index contributed by atoms with van der Waals surface area (Å²) in [5, 5.41) is 15.0. The van der Waals surface area contributed by atoms with E-state index >= 15 is 0 Å². The Morgan fingerprint density at radius 1 is 1.44 bits per heavy atom. The van der Waals surface area contributed by atoms with E-state index in [-0.39, 0.29) is 29.7 Å². The number of carbonyl (C=O) groups is 2. The van der Waals surface area contributed by atoms with Gasteiger partial charge in [-0.1, -0.05) is 6.92 Å². The average molecular weight is 254 g/mol. The molecule has 0 aromatic carbocycles. The first-order valence-electron chi connectivity index (χ1n) is 6.80. The lowest BCUT2D eigenvalue weighted by Gasteiger charge is -2.24. The molecule has 3 N–H and O–H groups in total. The smallest absolute Gasteiger partial charge is 0.305 e. The predicted molar refractivity (Wildman–Crippen MR) is 67.1 cm³/mol. The van der Waals surface area contributed by atoms with Crippen LogP contribution in [0.15, 0.2) is 0 Å². The van der Waals surface area contributed by atoms with Crippen LogP contribution in [0.2, 0.25) is 0 Å². The molecule has 1 aliphatic heterocycles. The van der Waals surface area contributed by atoms with Gasteiger partial charge in [-0.25, -0.2) is 0 Å². The number of carbonyl (C=O) groups excluding carboxylic acids is 1. The molecule has 1 spiro atoms. The van der Waals surface area contributed by atoms with Crippen molar-refractivity contribution in [2.75, 3.05) is 13.1 Å². The highest BCUT2D eigenvalue weighted by molar-refractivity contribution is 5.83. The van der Waals surface area contributed by atoms with Crippen LogP contribution in [0, 0.1) is 11.3 Å². The van der Waals surface area contributed by atoms with E-state index in [0.29, 0.717) is 6.42 Å². The third kappa shape index (κ3) is 2.83. The summed E-state index contributed by atoms with van der Waals surface area (Å²) >= 11 is 0. The third-order valence-corrected chi connectivity index (χ3v) is 4.37. The summed E-state index contributed by atoms with van der Waals surface area (Å²) in [6, 6.07) is -0.227. The van der Waals surface area contributed by atoms with Crippen LogP contribution in [0.1, 0.15) is 39.0 Å². The van der Waals surface area contributed by atoms with Crippen LogP contribution in [-0.4, -0.2) is 36.1 Å². The van der Waals surface area contributed by atoms with Gasteiger partial charge in [0.2, 0.25) is 5.91 Å². The van der Waals surface area contributed by atoms with Gasteiger partial charge in [-0.05, 0) is 44.2 Å². The molecule has 0 aromatic heterocycles. The van der Waals surface area contributed by atoms with Crippen LogP contribution in [-0.2, 0) is 9.59 Å². The lowest BCUT2D eigenvalue weighted by molar-refractivity contribution is -0.137. The molecule has 1 saturated heterocycles. The van der Waals surface area contributed by atoms with Gasteiger partial charge >= 0.3 is 5.97 Å². The summed E-state index contributed by atoms with van der Waals surface area (Å²) in [5.74, 6) is -0.679. The third-order valence-electron chi connectivity index (χ3n) is 4.37. The van der Waals surface area contributed by atoms with Gasteiger partial charge in [-0.15, -0.1) is 0 Å². The number of hydrogen-bond donors (Lipinski definition) is 3. The van der Waals surface area contributed by atoms with Crippen molar-refractivity contribution in [3.8, 4) is 0 Å². The molecule has 2 aliphatic rings. The van der Waals surface area contributed by atoms with E-state index in [1.54, 1.807) is 0 Å². The number of piperidine rings is 1. The first-order chi connectivity index (χ1) is 8.57. The lowest BCUT2D eigenvalue weighted by atomic mass is 9.91. The maximum absolute atomic E-state index is 12.1. The molecule has 2 atom stereocenters. The number of carboxylic acids is 1. The topological polar surface area (TPSA) is 78.4 Å². The summed E-state index contributed by atoms with van der Waals surface area (Å²) in [6.45, 7) is 3.90. The second kappa shape index (κ2) is 5.26. The average Bonchev–Trinajstić information content (AvgIpc) is 3.02. The number of rotatable bonds is 5.